The molecule has 3 nitrogen and oxygen atoms in total. The molecule has 0 aliphatic carbocycles. The van der Waals surface area contributed by atoms with Crippen LogP contribution in [0.2, 0.25) is 0 Å². The summed E-state index contributed by atoms with van der Waals surface area (Å²) >= 11 is 0. The van der Waals surface area contributed by atoms with E-state index in [2.05, 4.69) is 38.8 Å². The van der Waals surface area contributed by atoms with Gasteiger partial charge in [0.05, 0.1) is 5.92 Å². The van der Waals surface area contributed by atoms with Crippen LogP contribution < -0.4 is 0 Å². The second-order valence-electron chi connectivity index (χ2n) is 5.34. The van der Waals surface area contributed by atoms with Crippen molar-refractivity contribution in [1.82, 2.24) is 9.80 Å². The quantitative estimate of drug-likeness (QED) is 0.678. The highest BCUT2D eigenvalue weighted by atomic mass is 16.2. The number of hydrogen-bond acceptors (Lipinski definition) is 2. The topological polar surface area (TPSA) is 23.6 Å². The molecule has 0 spiro atoms. The van der Waals surface area contributed by atoms with E-state index in [0.29, 0.717) is 5.91 Å². The van der Waals surface area contributed by atoms with Gasteiger partial charge in [0.25, 0.3) is 0 Å². The fraction of sp³-hybridized carbons (Fsp3) is 0.800. The molecule has 0 aromatic carbocycles. The summed E-state index contributed by atoms with van der Waals surface area (Å²) in [5.74, 6) is 0.381. The largest absolute Gasteiger partial charge is 0.342 e. The Kier molecular flexibility index (Phi) is 6.41. The van der Waals surface area contributed by atoms with Gasteiger partial charge >= 0.3 is 0 Å². The van der Waals surface area contributed by atoms with Gasteiger partial charge in [-0.3, -0.25) is 4.79 Å². The molecular weight excluding hydrogens is 224 g/mol. The fourth-order valence-corrected chi connectivity index (χ4v) is 2.48. The van der Waals surface area contributed by atoms with Crippen LogP contribution in [0.4, 0.5) is 0 Å². The van der Waals surface area contributed by atoms with Crippen LogP contribution in [-0.2, 0) is 4.79 Å². The molecule has 1 heterocycles. The molecule has 1 amide bonds. The lowest BCUT2D eigenvalue weighted by molar-refractivity contribution is -0.134. The number of carbonyl (C=O) groups excluding carboxylic acids is 1. The van der Waals surface area contributed by atoms with Crippen LogP contribution in [0.1, 0.15) is 40.0 Å². The zero-order valence-corrected chi connectivity index (χ0v) is 12.4. The van der Waals surface area contributed by atoms with Gasteiger partial charge < -0.3 is 9.80 Å². The van der Waals surface area contributed by atoms with Crippen molar-refractivity contribution >= 4 is 5.91 Å². The molecular formula is C15H28N2O. The molecule has 18 heavy (non-hydrogen) atoms. The first kappa shape index (κ1) is 15.2. The average Bonchev–Trinajstić information content (AvgIpc) is 2.38. The molecule has 0 fully saturated rings. The summed E-state index contributed by atoms with van der Waals surface area (Å²) in [5.41, 5.74) is 1.33. The summed E-state index contributed by atoms with van der Waals surface area (Å²) < 4.78 is 0. The zero-order valence-electron chi connectivity index (χ0n) is 12.4. The summed E-state index contributed by atoms with van der Waals surface area (Å²) in [4.78, 5) is 16.8. The Bertz CT molecular complexity index is 293. The summed E-state index contributed by atoms with van der Waals surface area (Å²) in [6, 6.07) is 0. The van der Waals surface area contributed by atoms with Crippen LogP contribution >= 0.6 is 0 Å². The van der Waals surface area contributed by atoms with Crippen LogP contribution in [0.5, 0.6) is 0 Å². The number of amides is 1. The highest BCUT2D eigenvalue weighted by molar-refractivity contribution is 5.81. The normalized spacial score (nSPS) is 18.3. The average molecular weight is 252 g/mol. The molecule has 0 aromatic heterocycles. The molecule has 0 saturated carbocycles. The third kappa shape index (κ3) is 4.13. The van der Waals surface area contributed by atoms with Gasteiger partial charge in [0, 0.05) is 26.2 Å². The lowest BCUT2D eigenvalue weighted by Crippen LogP contribution is -2.38. The molecule has 0 aromatic rings. The summed E-state index contributed by atoms with van der Waals surface area (Å²) in [6.07, 6.45) is 5.36. The van der Waals surface area contributed by atoms with Gasteiger partial charge in [-0.2, -0.15) is 0 Å². The van der Waals surface area contributed by atoms with E-state index in [-0.39, 0.29) is 5.92 Å². The predicted octanol–water partition coefficient (Wildman–Crippen LogP) is 2.53. The molecule has 0 radical (unpaired) electrons. The van der Waals surface area contributed by atoms with Crippen molar-refractivity contribution in [2.75, 3.05) is 33.2 Å². The van der Waals surface area contributed by atoms with Gasteiger partial charge in [-0.25, -0.2) is 0 Å². The molecule has 1 atom stereocenters. The van der Waals surface area contributed by atoms with Crippen LogP contribution in [-0.4, -0.2) is 48.9 Å². The van der Waals surface area contributed by atoms with Gasteiger partial charge in [-0.05, 0) is 33.2 Å². The van der Waals surface area contributed by atoms with Crippen molar-refractivity contribution in [3.8, 4) is 0 Å². The minimum atomic E-state index is 0.0665. The fourth-order valence-electron chi connectivity index (χ4n) is 2.48. The first-order valence-electron chi connectivity index (χ1n) is 7.26. The second-order valence-corrected chi connectivity index (χ2v) is 5.34. The van der Waals surface area contributed by atoms with Gasteiger partial charge in [0.2, 0.25) is 5.91 Å². The maximum absolute atomic E-state index is 12.5. The number of hydrogen-bond donors (Lipinski definition) is 0. The lowest BCUT2D eigenvalue weighted by atomic mass is 9.94. The third-order valence-corrected chi connectivity index (χ3v) is 3.67. The predicted molar refractivity (Wildman–Crippen MR) is 76.5 cm³/mol. The number of likely N-dealkylation sites (N-methyl/N-ethyl adjacent to an activating group) is 1. The summed E-state index contributed by atoms with van der Waals surface area (Å²) in [6.45, 7) is 10.2. The van der Waals surface area contributed by atoms with E-state index in [0.717, 1.165) is 45.4 Å². The molecule has 1 aliphatic heterocycles. The third-order valence-electron chi connectivity index (χ3n) is 3.67. The molecule has 0 N–H and O–H groups in total. The molecule has 1 unspecified atom stereocenters. The van der Waals surface area contributed by atoms with E-state index in [1.54, 1.807) is 0 Å². The Labute approximate surface area is 112 Å². The van der Waals surface area contributed by atoms with E-state index in [4.69, 9.17) is 0 Å². The van der Waals surface area contributed by atoms with E-state index in [1.165, 1.54) is 5.57 Å². The zero-order chi connectivity index (χ0) is 13.5. The van der Waals surface area contributed by atoms with Crippen LogP contribution in [0, 0.1) is 5.92 Å². The summed E-state index contributed by atoms with van der Waals surface area (Å²) in [7, 11) is 2.13. The van der Waals surface area contributed by atoms with Gasteiger partial charge in [0.15, 0.2) is 0 Å². The standard InChI is InChI=1S/C15H28N2O/c1-5-9-17(10-6-2)15(18)13(3)14-7-11-16(4)12-8-14/h7,13H,5-6,8-12H2,1-4H3. The van der Waals surface area contributed by atoms with E-state index < -0.39 is 0 Å². The Morgan fingerprint density at radius 1 is 1.39 bits per heavy atom. The van der Waals surface area contributed by atoms with E-state index in [9.17, 15) is 4.79 Å². The van der Waals surface area contributed by atoms with Crippen molar-refractivity contribution in [2.45, 2.75) is 40.0 Å². The molecule has 3 heteroatoms. The molecule has 104 valence electrons. The SMILES string of the molecule is CCCN(CCC)C(=O)C(C)C1=CCN(C)CC1. The maximum Gasteiger partial charge on any atom is 0.229 e. The molecule has 0 bridgehead atoms. The minimum absolute atomic E-state index is 0.0665. The molecule has 1 rings (SSSR count). The Balaban J connectivity index is 2.63. The highest BCUT2D eigenvalue weighted by Crippen LogP contribution is 2.21. The van der Waals surface area contributed by atoms with Crippen molar-refractivity contribution in [2.24, 2.45) is 5.92 Å². The van der Waals surface area contributed by atoms with E-state index >= 15 is 0 Å². The minimum Gasteiger partial charge on any atom is -0.342 e. The highest BCUT2D eigenvalue weighted by Gasteiger charge is 2.24. The van der Waals surface area contributed by atoms with Gasteiger partial charge in [-0.1, -0.05) is 25.5 Å². The van der Waals surface area contributed by atoms with Crippen LogP contribution in [0.3, 0.4) is 0 Å². The van der Waals surface area contributed by atoms with Crippen LogP contribution in [0.15, 0.2) is 11.6 Å². The Morgan fingerprint density at radius 3 is 2.44 bits per heavy atom. The first-order valence-corrected chi connectivity index (χ1v) is 7.26. The van der Waals surface area contributed by atoms with Gasteiger partial charge in [-0.15, -0.1) is 0 Å². The van der Waals surface area contributed by atoms with Crippen LogP contribution in [0.25, 0.3) is 0 Å². The van der Waals surface area contributed by atoms with Crippen molar-refractivity contribution in [3.63, 3.8) is 0 Å². The summed E-state index contributed by atoms with van der Waals surface area (Å²) in [5, 5.41) is 0. The Hall–Kier alpha value is -0.830. The smallest absolute Gasteiger partial charge is 0.229 e. The molecule has 0 saturated heterocycles. The second kappa shape index (κ2) is 7.57. The lowest BCUT2D eigenvalue weighted by Gasteiger charge is -2.29. The number of nitrogens with zero attached hydrogens (tertiary/aromatic N) is 2. The Morgan fingerprint density at radius 2 is 2.00 bits per heavy atom. The molecule has 1 aliphatic rings. The van der Waals surface area contributed by atoms with E-state index in [1.807, 2.05) is 4.90 Å². The monoisotopic (exact) mass is 252 g/mol. The van der Waals surface area contributed by atoms with Crippen molar-refractivity contribution in [3.05, 3.63) is 11.6 Å². The van der Waals surface area contributed by atoms with Crippen molar-refractivity contribution in [1.29, 1.82) is 0 Å². The van der Waals surface area contributed by atoms with Gasteiger partial charge in [0.1, 0.15) is 0 Å². The first-order chi connectivity index (χ1) is 8.60. The maximum atomic E-state index is 12.5. The van der Waals surface area contributed by atoms with Crippen molar-refractivity contribution < 1.29 is 4.79 Å². The number of carbonyl (C=O) groups is 1. The number of rotatable bonds is 6.